The van der Waals surface area contributed by atoms with Gasteiger partial charge >= 0.3 is 0 Å². The Balaban J connectivity index is 2.18. The maximum Gasteiger partial charge on any atom is 0.0936 e. The second kappa shape index (κ2) is 5.55. The molecular formula is C17H16N2S. The summed E-state index contributed by atoms with van der Waals surface area (Å²) in [5.74, 6) is 0. The molecule has 100 valence electrons. The van der Waals surface area contributed by atoms with Crippen molar-refractivity contribution in [3.8, 4) is 21.7 Å². The van der Waals surface area contributed by atoms with Crippen LogP contribution in [-0.4, -0.2) is 9.97 Å². The van der Waals surface area contributed by atoms with E-state index >= 15 is 0 Å². The van der Waals surface area contributed by atoms with Crippen LogP contribution in [0.2, 0.25) is 0 Å². The van der Waals surface area contributed by atoms with Crippen LogP contribution in [0.3, 0.4) is 0 Å². The van der Waals surface area contributed by atoms with Gasteiger partial charge in [0.2, 0.25) is 0 Å². The summed E-state index contributed by atoms with van der Waals surface area (Å²) in [5, 5.41) is 1.17. The van der Waals surface area contributed by atoms with Crippen molar-refractivity contribution < 1.29 is 0 Å². The number of hydrogen-bond acceptors (Lipinski definition) is 3. The summed E-state index contributed by atoms with van der Waals surface area (Å²) in [6, 6.07) is 12.6. The molecule has 1 aromatic carbocycles. The fourth-order valence-electron chi connectivity index (χ4n) is 2.20. The summed E-state index contributed by atoms with van der Waals surface area (Å²) in [7, 11) is 0. The molecule has 2 heterocycles. The molecule has 0 saturated carbocycles. The average Bonchev–Trinajstić information content (AvgIpc) is 2.92. The number of rotatable bonds is 3. The summed E-state index contributed by atoms with van der Waals surface area (Å²) in [6.07, 6.45) is 4.63. The van der Waals surface area contributed by atoms with Crippen molar-refractivity contribution in [3.63, 3.8) is 0 Å². The molecule has 0 fully saturated rings. The number of aryl methyl sites for hydroxylation is 2. The zero-order chi connectivity index (χ0) is 13.9. The van der Waals surface area contributed by atoms with E-state index < -0.39 is 0 Å². The van der Waals surface area contributed by atoms with Crippen LogP contribution < -0.4 is 0 Å². The van der Waals surface area contributed by atoms with Crippen LogP contribution in [-0.2, 0) is 6.42 Å². The highest BCUT2D eigenvalue weighted by Gasteiger charge is 2.14. The van der Waals surface area contributed by atoms with Gasteiger partial charge in [0, 0.05) is 18.0 Å². The highest BCUT2D eigenvalue weighted by Crippen LogP contribution is 2.36. The second-order valence-electron chi connectivity index (χ2n) is 4.74. The van der Waals surface area contributed by atoms with Gasteiger partial charge in [-0.2, -0.15) is 0 Å². The summed E-state index contributed by atoms with van der Waals surface area (Å²) < 4.78 is 0. The van der Waals surface area contributed by atoms with Gasteiger partial charge in [0.1, 0.15) is 0 Å². The third-order valence-corrected chi connectivity index (χ3v) is 4.46. The summed E-state index contributed by atoms with van der Waals surface area (Å²) >= 11 is 1.77. The summed E-state index contributed by atoms with van der Waals surface area (Å²) in [4.78, 5) is 10.1. The monoisotopic (exact) mass is 280 g/mol. The molecule has 0 unspecified atom stereocenters. The van der Waals surface area contributed by atoms with E-state index in [1.807, 2.05) is 24.5 Å². The fourth-order valence-corrected chi connectivity index (χ4v) is 3.23. The maximum absolute atomic E-state index is 4.81. The molecule has 0 aliphatic heterocycles. The Hall–Kier alpha value is -2.00. The van der Waals surface area contributed by atoms with E-state index in [9.17, 15) is 0 Å². The molecule has 0 bridgehead atoms. The topological polar surface area (TPSA) is 25.8 Å². The maximum atomic E-state index is 4.81. The first-order valence-corrected chi connectivity index (χ1v) is 7.56. The van der Waals surface area contributed by atoms with Gasteiger partial charge < -0.3 is 0 Å². The Bertz CT molecular complexity index is 717. The van der Waals surface area contributed by atoms with Gasteiger partial charge in [0.15, 0.2) is 0 Å². The molecule has 0 aliphatic rings. The Morgan fingerprint density at radius 2 is 1.85 bits per heavy atom. The van der Waals surface area contributed by atoms with E-state index in [-0.39, 0.29) is 0 Å². The molecule has 3 heteroatoms. The van der Waals surface area contributed by atoms with Gasteiger partial charge in [-0.15, -0.1) is 11.3 Å². The summed E-state index contributed by atoms with van der Waals surface area (Å²) in [6.45, 7) is 4.26. The molecular weight excluding hydrogens is 264 g/mol. The lowest BCUT2D eigenvalue weighted by Gasteiger charge is -2.03. The lowest BCUT2D eigenvalue weighted by atomic mass is 10.1. The van der Waals surface area contributed by atoms with Gasteiger partial charge in [-0.1, -0.05) is 30.7 Å². The lowest BCUT2D eigenvalue weighted by molar-refractivity contribution is 1.10. The highest BCUT2D eigenvalue weighted by molar-refractivity contribution is 7.15. The predicted octanol–water partition coefficient (Wildman–Crippen LogP) is 4.74. The van der Waals surface area contributed by atoms with Crippen molar-refractivity contribution in [1.82, 2.24) is 9.97 Å². The van der Waals surface area contributed by atoms with Crippen LogP contribution in [0.25, 0.3) is 21.7 Å². The Kier molecular flexibility index (Phi) is 3.61. The van der Waals surface area contributed by atoms with Gasteiger partial charge in [-0.3, -0.25) is 4.98 Å². The standard InChI is InChI=1S/C17H16N2S/c1-3-15-19-16(14-6-4-5-12(2)11-14)17(20-15)13-7-9-18-10-8-13/h4-11H,3H2,1-2H3. The fraction of sp³-hybridized carbons (Fsp3) is 0.176. The van der Waals surface area contributed by atoms with Crippen LogP contribution in [0.15, 0.2) is 48.8 Å². The van der Waals surface area contributed by atoms with Crippen LogP contribution in [0.4, 0.5) is 0 Å². The molecule has 0 saturated heterocycles. The minimum Gasteiger partial charge on any atom is -0.265 e. The number of thiazole rings is 1. The van der Waals surface area contributed by atoms with E-state index in [1.165, 1.54) is 26.6 Å². The Morgan fingerprint density at radius 1 is 1.05 bits per heavy atom. The molecule has 0 amide bonds. The van der Waals surface area contributed by atoms with Crippen LogP contribution in [0.5, 0.6) is 0 Å². The summed E-state index contributed by atoms with van der Waals surface area (Å²) in [5.41, 5.74) is 4.72. The van der Waals surface area contributed by atoms with E-state index in [1.54, 1.807) is 11.3 Å². The van der Waals surface area contributed by atoms with E-state index in [2.05, 4.69) is 43.1 Å². The lowest BCUT2D eigenvalue weighted by Crippen LogP contribution is -1.84. The van der Waals surface area contributed by atoms with Crippen molar-refractivity contribution in [1.29, 1.82) is 0 Å². The first-order valence-electron chi connectivity index (χ1n) is 6.75. The molecule has 0 radical (unpaired) electrons. The molecule has 0 atom stereocenters. The van der Waals surface area contributed by atoms with Crippen molar-refractivity contribution in [2.75, 3.05) is 0 Å². The van der Waals surface area contributed by atoms with Crippen molar-refractivity contribution in [2.45, 2.75) is 20.3 Å². The first-order chi connectivity index (χ1) is 9.78. The molecule has 20 heavy (non-hydrogen) atoms. The Labute approximate surface area is 123 Å². The molecule has 0 spiro atoms. The number of pyridine rings is 1. The van der Waals surface area contributed by atoms with Gasteiger partial charge in [0.05, 0.1) is 15.6 Å². The second-order valence-corrected chi connectivity index (χ2v) is 5.83. The number of hydrogen-bond donors (Lipinski definition) is 0. The zero-order valence-corrected chi connectivity index (χ0v) is 12.4. The van der Waals surface area contributed by atoms with E-state index in [4.69, 9.17) is 4.98 Å². The molecule has 2 nitrogen and oxygen atoms in total. The molecule has 2 aromatic heterocycles. The SMILES string of the molecule is CCc1nc(-c2cccc(C)c2)c(-c2ccncc2)s1. The molecule has 3 aromatic rings. The van der Waals surface area contributed by atoms with Crippen molar-refractivity contribution >= 4 is 11.3 Å². The minimum atomic E-state index is 0.967. The zero-order valence-electron chi connectivity index (χ0n) is 11.6. The average molecular weight is 280 g/mol. The van der Waals surface area contributed by atoms with Crippen LogP contribution in [0.1, 0.15) is 17.5 Å². The van der Waals surface area contributed by atoms with Crippen molar-refractivity contribution in [2.24, 2.45) is 0 Å². The minimum absolute atomic E-state index is 0.967. The van der Waals surface area contributed by atoms with Crippen LogP contribution >= 0.6 is 11.3 Å². The van der Waals surface area contributed by atoms with Crippen molar-refractivity contribution in [3.05, 3.63) is 59.4 Å². The third-order valence-electron chi connectivity index (χ3n) is 3.21. The normalized spacial score (nSPS) is 10.7. The predicted molar refractivity (Wildman–Crippen MR) is 84.9 cm³/mol. The third kappa shape index (κ3) is 2.49. The quantitative estimate of drug-likeness (QED) is 0.692. The van der Waals surface area contributed by atoms with E-state index in [0.717, 1.165) is 12.1 Å². The Morgan fingerprint density at radius 3 is 2.55 bits per heavy atom. The number of benzene rings is 1. The highest BCUT2D eigenvalue weighted by atomic mass is 32.1. The molecule has 0 aliphatic carbocycles. The van der Waals surface area contributed by atoms with Gasteiger partial charge in [-0.05, 0) is 37.1 Å². The van der Waals surface area contributed by atoms with Crippen LogP contribution in [0, 0.1) is 6.92 Å². The smallest absolute Gasteiger partial charge is 0.0936 e. The van der Waals surface area contributed by atoms with Gasteiger partial charge in [0.25, 0.3) is 0 Å². The largest absolute Gasteiger partial charge is 0.265 e. The van der Waals surface area contributed by atoms with E-state index in [0.29, 0.717) is 0 Å². The molecule has 0 N–H and O–H groups in total. The number of aromatic nitrogens is 2. The number of nitrogens with zero attached hydrogens (tertiary/aromatic N) is 2. The molecule has 3 rings (SSSR count). The van der Waals surface area contributed by atoms with Gasteiger partial charge in [-0.25, -0.2) is 4.98 Å². The first kappa shape index (κ1) is 13.0.